The Bertz CT molecular complexity index is 526. The summed E-state index contributed by atoms with van der Waals surface area (Å²) >= 11 is 1.76. The van der Waals surface area contributed by atoms with E-state index in [0.717, 1.165) is 28.8 Å². The molecule has 1 N–H and O–H groups in total. The largest absolute Gasteiger partial charge is 0.370 e. The number of benzene rings is 1. The summed E-state index contributed by atoms with van der Waals surface area (Å²) in [5.74, 6) is 1.67. The lowest BCUT2D eigenvalue weighted by Crippen LogP contribution is -2.03. The Morgan fingerprint density at radius 3 is 2.53 bits per heavy atom. The first kappa shape index (κ1) is 13.9. The van der Waals surface area contributed by atoms with E-state index in [1.807, 2.05) is 36.4 Å². The monoisotopic (exact) mass is 273 g/mol. The van der Waals surface area contributed by atoms with Crippen molar-refractivity contribution in [3.63, 3.8) is 0 Å². The molecule has 0 saturated carbocycles. The third-order valence-corrected chi connectivity index (χ3v) is 3.37. The van der Waals surface area contributed by atoms with Gasteiger partial charge in [0.1, 0.15) is 10.8 Å². The predicted molar refractivity (Wildman–Crippen MR) is 82.6 cm³/mol. The summed E-state index contributed by atoms with van der Waals surface area (Å²) < 4.78 is 0. The number of rotatable bonds is 5. The minimum Gasteiger partial charge on any atom is -0.370 e. The third kappa shape index (κ3) is 3.96. The fourth-order valence-electron chi connectivity index (χ4n) is 1.71. The van der Waals surface area contributed by atoms with Gasteiger partial charge in [-0.25, -0.2) is 9.97 Å². The molecule has 0 saturated heterocycles. The molecule has 0 atom stereocenters. The normalized spacial score (nSPS) is 10.7. The maximum absolute atomic E-state index is 4.64. The van der Waals surface area contributed by atoms with Gasteiger partial charge in [0.2, 0.25) is 0 Å². The summed E-state index contributed by atoms with van der Waals surface area (Å²) in [5, 5.41) is 4.79. The number of nitrogens with zero attached hydrogens (tertiary/aromatic N) is 2. The minimum absolute atomic E-state index is 0.507. The van der Waals surface area contributed by atoms with Crippen LogP contribution in [0.4, 0.5) is 5.82 Å². The molecule has 19 heavy (non-hydrogen) atoms. The number of thioether (sulfide) groups is 1. The average molecular weight is 273 g/mol. The molecule has 100 valence electrons. The Kier molecular flexibility index (Phi) is 4.80. The zero-order valence-corrected chi connectivity index (χ0v) is 12.4. The fourth-order valence-corrected chi connectivity index (χ4v) is 2.52. The molecule has 0 amide bonds. The first-order valence-electron chi connectivity index (χ1n) is 6.54. The van der Waals surface area contributed by atoms with Gasteiger partial charge in [0.15, 0.2) is 5.82 Å². The Morgan fingerprint density at radius 1 is 1.16 bits per heavy atom. The molecular formula is C15H19N3S. The van der Waals surface area contributed by atoms with Gasteiger partial charge < -0.3 is 5.32 Å². The van der Waals surface area contributed by atoms with E-state index in [-0.39, 0.29) is 0 Å². The molecular weight excluding hydrogens is 254 g/mol. The second-order valence-corrected chi connectivity index (χ2v) is 6.07. The van der Waals surface area contributed by atoms with Gasteiger partial charge in [-0.3, -0.25) is 0 Å². The van der Waals surface area contributed by atoms with Gasteiger partial charge in [-0.1, -0.05) is 44.2 Å². The van der Waals surface area contributed by atoms with Crippen molar-refractivity contribution in [2.45, 2.75) is 31.0 Å². The number of anilines is 1. The molecule has 1 aromatic carbocycles. The Balaban J connectivity index is 2.39. The molecule has 2 aromatic rings. The molecule has 0 fully saturated rings. The highest BCUT2D eigenvalue weighted by Gasteiger charge is 2.08. The van der Waals surface area contributed by atoms with Gasteiger partial charge in [-0.15, -0.1) is 11.8 Å². The molecule has 1 aromatic heterocycles. The predicted octanol–water partition coefficient (Wildman–Crippen LogP) is 4.08. The van der Waals surface area contributed by atoms with Crippen molar-refractivity contribution in [1.29, 1.82) is 0 Å². The third-order valence-electron chi connectivity index (χ3n) is 2.45. The zero-order chi connectivity index (χ0) is 13.7. The van der Waals surface area contributed by atoms with Crippen LogP contribution in [0.1, 0.15) is 20.8 Å². The molecule has 4 heteroatoms. The van der Waals surface area contributed by atoms with Gasteiger partial charge in [0.25, 0.3) is 0 Å². The second-order valence-electron chi connectivity index (χ2n) is 4.48. The fraction of sp³-hybridized carbons (Fsp3) is 0.333. The number of nitrogens with one attached hydrogen (secondary N) is 1. The highest BCUT2D eigenvalue weighted by Crippen LogP contribution is 2.26. The van der Waals surface area contributed by atoms with E-state index in [1.54, 1.807) is 11.8 Å². The molecule has 0 aliphatic carbocycles. The van der Waals surface area contributed by atoms with E-state index >= 15 is 0 Å². The first-order chi connectivity index (χ1) is 9.19. The van der Waals surface area contributed by atoms with Crippen molar-refractivity contribution in [2.75, 3.05) is 11.9 Å². The van der Waals surface area contributed by atoms with Gasteiger partial charge in [0.05, 0.1) is 0 Å². The average Bonchev–Trinajstić information content (AvgIpc) is 2.39. The van der Waals surface area contributed by atoms with Crippen LogP contribution in [0.3, 0.4) is 0 Å². The SMILES string of the molecule is CCNc1cc(SC(C)C)nc(-c2ccccc2)n1. The Hall–Kier alpha value is -1.55. The van der Waals surface area contributed by atoms with Gasteiger partial charge in [0, 0.05) is 23.4 Å². The van der Waals surface area contributed by atoms with Crippen LogP contribution < -0.4 is 5.32 Å². The lowest BCUT2D eigenvalue weighted by atomic mass is 10.2. The van der Waals surface area contributed by atoms with Gasteiger partial charge >= 0.3 is 0 Å². The summed E-state index contributed by atoms with van der Waals surface area (Å²) in [7, 11) is 0. The van der Waals surface area contributed by atoms with E-state index in [4.69, 9.17) is 0 Å². The van der Waals surface area contributed by atoms with Crippen molar-refractivity contribution < 1.29 is 0 Å². The van der Waals surface area contributed by atoms with Gasteiger partial charge in [-0.2, -0.15) is 0 Å². The number of hydrogen-bond acceptors (Lipinski definition) is 4. The second kappa shape index (κ2) is 6.57. The number of hydrogen-bond donors (Lipinski definition) is 1. The van der Waals surface area contributed by atoms with Crippen LogP contribution in [0.15, 0.2) is 41.4 Å². The molecule has 0 bridgehead atoms. The highest BCUT2D eigenvalue weighted by molar-refractivity contribution is 7.99. The summed E-state index contributed by atoms with van der Waals surface area (Å²) in [6.45, 7) is 7.26. The van der Waals surface area contributed by atoms with Crippen LogP contribution >= 0.6 is 11.8 Å². The molecule has 0 radical (unpaired) electrons. The van der Waals surface area contributed by atoms with Crippen LogP contribution in [-0.2, 0) is 0 Å². The molecule has 1 heterocycles. The Labute approximate surface area is 118 Å². The molecule has 0 aliphatic heterocycles. The lowest BCUT2D eigenvalue weighted by molar-refractivity contribution is 1.02. The minimum atomic E-state index is 0.507. The van der Waals surface area contributed by atoms with Crippen LogP contribution in [0.25, 0.3) is 11.4 Å². The highest BCUT2D eigenvalue weighted by atomic mass is 32.2. The molecule has 0 spiro atoms. The lowest BCUT2D eigenvalue weighted by Gasteiger charge is -2.10. The van der Waals surface area contributed by atoms with Crippen molar-refractivity contribution in [2.24, 2.45) is 0 Å². The molecule has 0 aliphatic rings. The van der Waals surface area contributed by atoms with Crippen LogP contribution in [-0.4, -0.2) is 21.8 Å². The maximum Gasteiger partial charge on any atom is 0.162 e. The summed E-state index contributed by atoms with van der Waals surface area (Å²) in [6.07, 6.45) is 0. The van der Waals surface area contributed by atoms with E-state index < -0.39 is 0 Å². The van der Waals surface area contributed by atoms with E-state index in [9.17, 15) is 0 Å². The van der Waals surface area contributed by atoms with Crippen molar-refractivity contribution in [3.8, 4) is 11.4 Å². The summed E-state index contributed by atoms with van der Waals surface area (Å²) in [4.78, 5) is 9.20. The smallest absolute Gasteiger partial charge is 0.162 e. The summed E-state index contributed by atoms with van der Waals surface area (Å²) in [6, 6.07) is 12.1. The van der Waals surface area contributed by atoms with E-state index in [0.29, 0.717) is 5.25 Å². The number of aromatic nitrogens is 2. The molecule has 3 nitrogen and oxygen atoms in total. The van der Waals surface area contributed by atoms with Gasteiger partial charge in [-0.05, 0) is 6.92 Å². The maximum atomic E-state index is 4.64. The van der Waals surface area contributed by atoms with Crippen molar-refractivity contribution in [1.82, 2.24) is 9.97 Å². The van der Waals surface area contributed by atoms with E-state index in [1.165, 1.54) is 0 Å². The quantitative estimate of drug-likeness (QED) is 0.658. The summed E-state index contributed by atoms with van der Waals surface area (Å²) in [5.41, 5.74) is 1.05. The van der Waals surface area contributed by atoms with Crippen molar-refractivity contribution >= 4 is 17.6 Å². The molecule has 2 rings (SSSR count). The van der Waals surface area contributed by atoms with E-state index in [2.05, 4.69) is 36.1 Å². The van der Waals surface area contributed by atoms with Crippen LogP contribution in [0.2, 0.25) is 0 Å². The first-order valence-corrected chi connectivity index (χ1v) is 7.42. The zero-order valence-electron chi connectivity index (χ0n) is 11.6. The van der Waals surface area contributed by atoms with Crippen molar-refractivity contribution in [3.05, 3.63) is 36.4 Å². The Morgan fingerprint density at radius 2 is 1.89 bits per heavy atom. The van der Waals surface area contributed by atoms with Crippen LogP contribution in [0.5, 0.6) is 0 Å². The topological polar surface area (TPSA) is 37.8 Å². The standard InChI is InChI=1S/C15H19N3S/c1-4-16-13-10-14(19-11(2)3)18-15(17-13)12-8-6-5-7-9-12/h5-11H,4H2,1-3H3,(H,16,17,18). The van der Waals surface area contributed by atoms with Crippen LogP contribution in [0, 0.1) is 0 Å². The molecule has 0 unspecified atom stereocenters.